The Morgan fingerprint density at radius 2 is 0.870 bits per heavy atom. The molecule has 0 spiro atoms. The van der Waals surface area contributed by atoms with Crippen molar-refractivity contribution in [3.63, 3.8) is 0 Å². The van der Waals surface area contributed by atoms with E-state index in [0.29, 0.717) is 0 Å². The second-order valence-corrected chi connectivity index (χ2v) is 12.6. The Hall–Kier alpha value is -6.50. The molecular weight excluding hydrogens is 694 g/mol. The topological polar surface area (TPSA) is 197 Å². The lowest BCUT2D eigenvalue weighted by molar-refractivity contribution is -0.138. The molecule has 4 aromatic carbocycles. The van der Waals surface area contributed by atoms with Gasteiger partial charge in [-0.2, -0.15) is 0 Å². The van der Waals surface area contributed by atoms with Crippen molar-refractivity contribution in [2.24, 2.45) is 0 Å². The first-order chi connectivity index (χ1) is 26.1. The van der Waals surface area contributed by atoms with Crippen LogP contribution in [0.4, 0.5) is 9.59 Å². The second-order valence-electron chi connectivity index (χ2n) is 12.6. The van der Waals surface area contributed by atoms with E-state index in [2.05, 4.69) is 40.2 Å². The summed E-state index contributed by atoms with van der Waals surface area (Å²) in [5.74, 6) is -2.74. The van der Waals surface area contributed by atoms with Crippen molar-refractivity contribution in [2.75, 3.05) is 32.8 Å². The van der Waals surface area contributed by atoms with Gasteiger partial charge in [-0.1, -0.05) is 97.1 Å². The number of alkyl carbamates (subject to hydrolysis) is 2. The first kappa shape index (κ1) is 38.7. The van der Waals surface area contributed by atoms with Crippen LogP contribution in [0.25, 0.3) is 22.3 Å². The second kappa shape index (κ2) is 18.8. The van der Waals surface area contributed by atoms with Crippen LogP contribution >= 0.6 is 0 Å². The monoisotopic (exact) mass is 735 g/mol. The lowest BCUT2D eigenvalue weighted by Crippen LogP contribution is -2.32. The smallest absolute Gasteiger partial charge is 0.407 e. The number of carboxylic acids is 2. The number of hydrogen-bond acceptors (Lipinski definition) is 8. The molecule has 0 saturated heterocycles. The molecule has 0 atom stereocenters. The number of benzene rings is 4. The Balaban J connectivity index is 0.000000208. The third-order valence-corrected chi connectivity index (χ3v) is 9.02. The largest absolute Gasteiger partial charge is 0.481 e. The predicted octanol–water partition coefficient (Wildman–Crippen LogP) is 5.47. The molecule has 3 amide bonds. The summed E-state index contributed by atoms with van der Waals surface area (Å²) in [6.45, 7) is 0.340. The number of amides is 3. The lowest BCUT2D eigenvalue weighted by atomic mass is 9.98. The van der Waals surface area contributed by atoms with Gasteiger partial charge in [-0.25, -0.2) is 9.59 Å². The van der Waals surface area contributed by atoms with Gasteiger partial charge in [0.25, 0.3) is 0 Å². The summed E-state index contributed by atoms with van der Waals surface area (Å²) in [5.41, 5.74) is 9.08. The maximum atomic E-state index is 12.0. The van der Waals surface area contributed by atoms with Gasteiger partial charge in [0.2, 0.25) is 5.91 Å². The fraction of sp³-hybridized carbons (Fsp3) is 0.268. The molecule has 0 bridgehead atoms. The zero-order chi connectivity index (χ0) is 38.5. The van der Waals surface area contributed by atoms with Crippen LogP contribution in [0.3, 0.4) is 0 Å². The van der Waals surface area contributed by atoms with Crippen LogP contribution in [-0.2, 0) is 28.7 Å². The van der Waals surface area contributed by atoms with E-state index in [-0.39, 0.29) is 82.1 Å². The minimum Gasteiger partial charge on any atom is -0.481 e. The molecule has 5 N–H and O–H groups in total. The number of aliphatic carboxylic acids is 2. The van der Waals surface area contributed by atoms with Gasteiger partial charge in [0.15, 0.2) is 5.78 Å². The van der Waals surface area contributed by atoms with Gasteiger partial charge in [-0.15, -0.1) is 0 Å². The van der Waals surface area contributed by atoms with Crippen LogP contribution in [0.2, 0.25) is 0 Å². The highest BCUT2D eigenvalue weighted by atomic mass is 16.6. The van der Waals surface area contributed by atoms with Gasteiger partial charge < -0.3 is 35.6 Å². The number of carboxylic acid groups (broad SMARTS) is 2. The molecule has 4 aromatic rings. The molecule has 0 unspecified atom stereocenters. The fourth-order valence-electron chi connectivity index (χ4n) is 6.48. The van der Waals surface area contributed by atoms with E-state index >= 15 is 0 Å². The van der Waals surface area contributed by atoms with E-state index in [0.717, 1.165) is 44.5 Å². The van der Waals surface area contributed by atoms with Crippen molar-refractivity contribution in [2.45, 2.75) is 37.5 Å². The summed E-state index contributed by atoms with van der Waals surface area (Å²) < 4.78 is 10.7. The summed E-state index contributed by atoms with van der Waals surface area (Å²) in [6.07, 6.45) is -1.70. The van der Waals surface area contributed by atoms with Gasteiger partial charge in [0.1, 0.15) is 13.2 Å². The van der Waals surface area contributed by atoms with Crippen molar-refractivity contribution >= 4 is 35.8 Å². The molecule has 0 aliphatic heterocycles. The molecule has 54 heavy (non-hydrogen) atoms. The summed E-state index contributed by atoms with van der Waals surface area (Å²) in [4.78, 5) is 67.7. The van der Waals surface area contributed by atoms with Gasteiger partial charge in [0.05, 0.1) is 19.4 Å². The molecule has 0 saturated carbocycles. The van der Waals surface area contributed by atoms with Crippen LogP contribution < -0.4 is 16.0 Å². The minimum absolute atomic E-state index is 0.0162. The number of hydrogen-bond donors (Lipinski definition) is 5. The van der Waals surface area contributed by atoms with E-state index in [4.69, 9.17) is 19.7 Å². The molecular formula is C41H41N3O10. The molecule has 280 valence electrons. The van der Waals surface area contributed by atoms with Crippen molar-refractivity contribution in [3.8, 4) is 22.3 Å². The first-order valence-electron chi connectivity index (χ1n) is 17.5. The van der Waals surface area contributed by atoms with Crippen LogP contribution in [0.15, 0.2) is 97.1 Å². The average molecular weight is 736 g/mol. The maximum Gasteiger partial charge on any atom is 0.407 e. The van der Waals surface area contributed by atoms with Gasteiger partial charge in [-0.05, 0) is 44.5 Å². The molecule has 0 heterocycles. The van der Waals surface area contributed by atoms with E-state index < -0.39 is 24.1 Å². The minimum atomic E-state index is -1.04. The lowest BCUT2D eigenvalue weighted by Gasteiger charge is -2.14. The van der Waals surface area contributed by atoms with Crippen LogP contribution in [0.5, 0.6) is 0 Å². The average Bonchev–Trinajstić information content (AvgIpc) is 3.67. The van der Waals surface area contributed by atoms with E-state index in [1.54, 1.807) is 0 Å². The van der Waals surface area contributed by atoms with Crippen molar-refractivity contribution in [3.05, 3.63) is 119 Å². The number of nitrogens with one attached hydrogen (secondary N) is 3. The molecule has 0 fully saturated rings. The third-order valence-electron chi connectivity index (χ3n) is 9.02. The normalized spacial score (nSPS) is 12.1. The Labute approximate surface area is 311 Å². The van der Waals surface area contributed by atoms with Gasteiger partial charge in [-0.3, -0.25) is 19.2 Å². The number of Topliss-reactive ketones (excluding diaryl/α,β-unsaturated/α-hetero) is 1. The van der Waals surface area contributed by atoms with Gasteiger partial charge in [0, 0.05) is 37.8 Å². The molecule has 6 rings (SSSR count). The highest BCUT2D eigenvalue weighted by Gasteiger charge is 2.30. The summed E-state index contributed by atoms with van der Waals surface area (Å²) in [7, 11) is 0. The van der Waals surface area contributed by atoms with Gasteiger partial charge >= 0.3 is 24.1 Å². The molecule has 0 aromatic heterocycles. The van der Waals surface area contributed by atoms with Crippen LogP contribution in [0, 0.1) is 0 Å². The zero-order valence-electron chi connectivity index (χ0n) is 29.4. The fourth-order valence-corrected chi connectivity index (χ4v) is 6.48. The quantitative estimate of drug-likeness (QED) is 0.104. The summed E-state index contributed by atoms with van der Waals surface area (Å²) in [6, 6.07) is 32.2. The summed E-state index contributed by atoms with van der Waals surface area (Å²) in [5, 5.41) is 24.5. The Bertz CT molecular complexity index is 1920. The van der Waals surface area contributed by atoms with Crippen LogP contribution in [-0.4, -0.2) is 78.9 Å². The highest BCUT2D eigenvalue weighted by molar-refractivity contribution is 5.86. The number of carbonyl (C=O) groups is 6. The first-order valence-corrected chi connectivity index (χ1v) is 17.5. The molecule has 0 radical (unpaired) electrons. The number of rotatable bonds is 15. The van der Waals surface area contributed by atoms with Crippen LogP contribution in [0.1, 0.15) is 59.8 Å². The standard InChI is InChI=1S/C21H22N2O5.C20H19NO5/c24-19(22-12-10-20(25)26)9-11-23-21(27)28-13-18-16-7-3-1-5-14(16)15-6-2-4-8-17(15)18;22-13(9-10-19(23)24)11-21-20(25)26-12-18-16-7-3-1-5-14(16)15-6-2-4-8-17(15)18/h1-8,18H,9-13H2,(H,22,24)(H,23,27)(H,25,26);1-8,18H,9-12H2,(H,21,25)(H,23,24). The third kappa shape index (κ3) is 10.3. The zero-order valence-corrected chi connectivity index (χ0v) is 29.4. The number of fused-ring (bicyclic) bond motifs is 6. The number of ketones is 1. The predicted molar refractivity (Wildman–Crippen MR) is 198 cm³/mol. The molecule has 13 heteroatoms. The SMILES string of the molecule is O=C(O)CCC(=O)CNC(=O)OCC1c2ccccc2-c2ccccc21.O=C(O)CCNC(=O)CCNC(=O)OCC1c2ccccc2-c2ccccc21. The Morgan fingerprint density at radius 3 is 1.30 bits per heavy atom. The van der Waals surface area contributed by atoms with Crippen molar-refractivity contribution in [1.82, 2.24) is 16.0 Å². The van der Waals surface area contributed by atoms with E-state index in [9.17, 15) is 28.8 Å². The summed E-state index contributed by atoms with van der Waals surface area (Å²) >= 11 is 0. The molecule has 13 nitrogen and oxygen atoms in total. The Kier molecular flexibility index (Phi) is 13.5. The maximum absolute atomic E-state index is 12.0. The van der Waals surface area contributed by atoms with Crippen molar-refractivity contribution in [1.29, 1.82) is 0 Å². The van der Waals surface area contributed by atoms with E-state index in [1.807, 2.05) is 72.8 Å². The Morgan fingerprint density at radius 1 is 0.481 bits per heavy atom. The van der Waals surface area contributed by atoms with E-state index in [1.165, 1.54) is 0 Å². The number of carbonyl (C=O) groups excluding carboxylic acids is 4. The number of ether oxygens (including phenoxy) is 2. The molecule has 2 aliphatic carbocycles. The highest BCUT2D eigenvalue weighted by Crippen LogP contribution is 2.45. The molecule has 2 aliphatic rings. The van der Waals surface area contributed by atoms with Crippen molar-refractivity contribution < 1.29 is 48.5 Å².